The summed E-state index contributed by atoms with van der Waals surface area (Å²) in [6, 6.07) is -0.341. The first kappa shape index (κ1) is 17.7. The molecule has 1 fully saturated rings. The summed E-state index contributed by atoms with van der Waals surface area (Å²) < 4.78 is 28.0. The normalized spacial score (nSPS) is 16.9. The zero-order valence-electron chi connectivity index (χ0n) is 13.9. The summed E-state index contributed by atoms with van der Waals surface area (Å²) >= 11 is 0. The molecular weight excluding hydrogens is 304 g/mol. The summed E-state index contributed by atoms with van der Waals surface area (Å²) in [5.41, 5.74) is -0.123. The molecule has 0 aliphatic carbocycles. The monoisotopic (exact) mass is 329 g/mol. The minimum atomic E-state index is -2.68. The van der Waals surface area contributed by atoms with Gasteiger partial charge < -0.3 is 15.1 Å². The van der Waals surface area contributed by atoms with Gasteiger partial charge in [0.25, 0.3) is 6.43 Å². The standard InChI is InChI=1S/C15H25F2N5O/c1-11(2)10-22-13(14(16)17)12(9-18-22)19-15(23)21-6-4-5-20(3)7-8-21/h9,11,14H,4-8,10H2,1-3H3,(H,19,23). The van der Waals surface area contributed by atoms with Crippen molar-refractivity contribution >= 4 is 11.7 Å². The Bertz CT molecular complexity index is 532. The summed E-state index contributed by atoms with van der Waals surface area (Å²) in [7, 11) is 2.01. The van der Waals surface area contributed by atoms with E-state index < -0.39 is 6.43 Å². The molecule has 23 heavy (non-hydrogen) atoms. The Kier molecular flexibility index (Phi) is 5.92. The maximum absolute atomic E-state index is 13.3. The molecule has 2 heterocycles. The van der Waals surface area contributed by atoms with Crippen molar-refractivity contribution in [2.24, 2.45) is 5.92 Å². The smallest absolute Gasteiger partial charge is 0.321 e. The summed E-state index contributed by atoms with van der Waals surface area (Å²) in [5, 5.41) is 6.60. The molecule has 0 bridgehead atoms. The number of likely N-dealkylation sites (N-methyl/N-ethyl adjacent to an activating group) is 1. The number of halogens is 2. The van der Waals surface area contributed by atoms with Crippen molar-refractivity contribution in [3.8, 4) is 0 Å². The Balaban J connectivity index is 2.09. The van der Waals surface area contributed by atoms with Gasteiger partial charge in [-0.2, -0.15) is 5.10 Å². The van der Waals surface area contributed by atoms with Gasteiger partial charge in [-0.1, -0.05) is 13.8 Å². The molecule has 130 valence electrons. The van der Waals surface area contributed by atoms with Crippen LogP contribution in [0.2, 0.25) is 0 Å². The van der Waals surface area contributed by atoms with Crippen molar-refractivity contribution in [2.45, 2.75) is 33.2 Å². The fourth-order valence-corrected chi connectivity index (χ4v) is 2.66. The predicted molar refractivity (Wildman–Crippen MR) is 84.7 cm³/mol. The number of urea groups is 1. The van der Waals surface area contributed by atoms with Gasteiger partial charge in [0, 0.05) is 26.2 Å². The molecule has 1 aromatic rings. The maximum Gasteiger partial charge on any atom is 0.321 e. The van der Waals surface area contributed by atoms with Crippen molar-refractivity contribution in [2.75, 3.05) is 38.5 Å². The van der Waals surface area contributed by atoms with Crippen LogP contribution < -0.4 is 5.32 Å². The first-order chi connectivity index (χ1) is 10.9. The van der Waals surface area contributed by atoms with Crippen molar-refractivity contribution in [3.63, 3.8) is 0 Å². The van der Waals surface area contributed by atoms with Gasteiger partial charge in [0.15, 0.2) is 0 Å². The summed E-state index contributed by atoms with van der Waals surface area (Å²) in [6.07, 6.45) is -0.494. The van der Waals surface area contributed by atoms with E-state index in [9.17, 15) is 13.6 Å². The molecule has 0 spiro atoms. The third-order valence-corrected chi connectivity index (χ3v) is 3.87. The van der Waals surface area contributed by atoms with Crippen LogP contribution in [0.3, 0.4) is 0 Å². The SMILES string of the molecule is CC(C)Cn1ncc(NC(=O)N2CCCN(C)CC2)c1C(F)F. The molecule has 0 atom stereocenters. The maximum atomic E-state index is 13.3. The highest BCUT2D eigenvalue weighted by Crippen LogP contribution is 2.27. The number of aromatic nitrogens is 2. The molecule has 1 aliphatic rings. The fourth-order valence-electron chi connectivity index (χ4n) is 2.66. The van der Waals surface area contributed by atoms with Crippen molar-refractivity contribution in [1.29, 1.82) is 0 Å². The summed E-state index contributed by atoms with van der Waals surface area (Å²) in [5.74, 6) is 0.192. The van der Waals surface area contributed by atoms with E-state index in [-0.39, 0.29) is 23.3 Å². The van der Waals surface area contributed by atoms with Crippen LogP contribution >= 0.6 is 0 Å². The number of anilines is 1. The zero-order chi connectivity index (χ0) is 17.0. The van der Waals surface area contributed by atoms with Crippen LogP contribution in [0.1, 0.15) is 32.4 Å². The zero-order valence-corrected chi connectivity index (χ0v) is 13.9. The van der Waals surface area contributed by atoms with Crippen LogP contribution in [0.15, 0.2) is 6.20 Å². The van der Waals surface area contributed by atoms with Crippen LogP contribution in [0, 0.1) is 5.92 Å². The van der Waals surface area contributed by atoms with Gasteiger partial charge in [0.1, 0.15) is 5.69 Å². The third kappa shape index (κ3) is 4.63. The molecule has 0 aromatic carbocycles. The molecular formula is C15H25F2N5O. The molecule has 1 saturated heterocycles. The van der Waals surface area contributed by atoms with Gasteiger partial charge in [-0.05, 0) is 25.9 Å². The molecule has 0 unspecified atom stereocenters. The van der Waals surface area contributed by atoms with E-state index in [4.69, 9.17) is 0 Å². The Morgan fingerprint density at radius 1 is 1.30 bits per heavy atom. The Hall–Kier alpha value is -1.70. The highest BCUT2D eigenvalue weighted by Gasteiger charge is 2.24. The highest BCUT2D eigenvalue weighted by molar-refractivity contribution is 5.89. The molecule has 1 aromatic heterocycles. The molecule has 6 nitrogen and oxygen atoms in total. The minimum Gasteiger partial charge on any atom is -0.323 e. The molecule has 1 aliphatic heterocycles. The number of nitrogens with zero attached hydrogens (tertiary/aromatic N) is 4. The first-order valence-corrected chi connectivity index (χ1v) is 7.96. The van der Waals surface area contributed by atoms with Gasteiger partial charge in [-0.3, -0.25) is 4.68 Å². The van der Waals surface area contributed by atoms with Gasteiger partial charge in [-0.25, -0.2) is 13.6 Å². The van der Waals surface area contributed by atoms with Crippen molar-refractivity contribution in [1.82, 2.24) is 19.6 Å². The minimum absolute atomic E-state index is 0.100. The first-order valence-electron chi connectivity index (χ1n) is 7.96. The molecule has 0 radical (unpaired) electrons. The third-order valence-electron chi connectivity index (χ3n) is 3.87. The van der Waals surface area contributed by atoms with Crippen LogP contribution in [-0.2, 0) is 6.54 Å². The molecule has 2 amide bonds. The number of amides is 2. The lowest BCUT2D eigenvalue weighted by molar-refractivity contribution is 0.138. The van der Waals surface area contributed by atoms with Gasteiger partial charge in [-0.15, -0.1) is 0 Å². The average Bonchev–Trinajstić information content (AvgIpc) is 2.70. The van der Waals surface area contributed by atoms with E-state index in [1.165, 1.54) is 10.9 Å². The van der Waals surface area contributed by atoms with Crippen LogP contribution in [0.25, 0.3) is 0 Å². The number of alkyl halides is 2. The Labute approximate surface area is 135 Å². The second kappa shape index (κ2) is 7.72. The summed E-state index contributed by atoms with van der Waals surface area (Å²) in [4.78, 5) is 16.2. The lowest BCUT2D eigenvalue weighted by Gasteiger charge is -2.21. The van der Waals surface area contributed by atoms with Crippen molar-refractivity contribution in [3.05, 3.63) is 11.9 Å². The lowest BCUT2D eigenvalue weighted by atomic mass is 10.2. The van der Waals surface area contributed by atoms with Gasteiger partial charge in [0.05, 0.1) is 11.9 Å². The van der Waals surface area contributed by atoms with Crippen molar-refractivity contribution < 1.29 is 13.6 Å². The molecule has 1 N–H and O–H groups in total. The second-order valence-corrected chi connectivity index (χ2v) is 6.39. The van der Waals surface area contributed by atoms with Gasteiger partial charge in [0.2, 0.25) is 0 Å². The number of nitrogens with one attached hydrogen (secondary N) is 1. The van der Waals surface area contributed by atoms with Gasteiger partial charge >= 0.3 is 6.03 Å². The number of rotatable bonds is 4. The Morgan fingerprint density at radius 3 is 2.70 bits per heavy atom. The van der Waals surface area contributed by atoms with E-state index >= 15 is 0 Å². The molecule has 2 rings (SSSR count). The summed E-state index contributed by atoms with van der Waals surface area (Å²) in [6.45, 7) is 7.18. The number of hydrogen-bond donors (Lipinski definition) is 1. The molecule has 8 heteroatoms. The lowest BCUT2D eigenvalue weighted by Crippen LogP contribution is -2.37. The van der Waals surface area contributed by atoms with Crippen LogP contribution in [-0.4, -0.2) is 58.8 Å². The second-order valence-electron chi connectivity index (χ2n) is 6.39. The largest absolute Gasteiger partial charge is 0.323 e. The number of carbonyl (C=O) groups is 1. The molecule has 0 saturated carbocycles. The van der Waals surface area contributed by atoms with E-state index in [2.05, 4.69) is 15.3 Å². The number of carbonyl (C=O) groups excluding carboxylic acids is 1. The highest BCUT2D eigenvalue weighted by atomic mass is 19.3. The Morgan fingerprint density at radius 2 is 2.04 bits per heavy atom. The van der Waals surface area contributed by atoms with Crippen LogP contribution in [0.4, 0.5) is 19.3 Å². The predicted octanol–water partition coefficient (Wildman–Crippen LogP) is 2.65. The fraction of sp³-hybridized carbons (Fsp3) is 0.733. The number of hydrogen-bond acceptors (Lipinski definition) is 3. The van der Waals surface area contributed by atoms with E-state index in [1.54, 1.807) is 4.90 Å². The average molecular weight is 329 g/mol. The topological polar surface area (TPSA) is 53.4 Å². The van der Waals surface area contributed by atoms with E-state index in [1.807, 2.05) is 20.9 Å². The van der Waals surface area contributed by atoms with E-state index in [0.717, 1.165) is 19.5 Å². The van der Waals surface area contributed by atoms with E-state index in [0.29, 0.717) is 19.6 Å². The van der Waals surface area contributed by atoms with Crippen LogP contribution in [0.5, 0.6) is 0 Å². The quantitative estimate of drug-likeness (QED) is 0.924.